The lowest BCUT2D eigenvalue weighted by atomic mass is 10.2. The lowest BCUT2D eigenvalue weighted by Gasteiger charge is -2.28. The molecular formula is C19H25N5O2S. The molecule has 2 fully saturated rings. The number of hydrogen-bond acceptors (Lipinski definition) is 6. The predicted octanol–water partition coefficient (Wildman–Crippen LogP) is 2.88. The van der Waals surface area contributed by atoms with Crippen LogP contribution in [-0.4, -0.2) is 52.2 Å². The first kappa shape index (κ1) is 18.3. The number of amides is 1. The standard InChI is InChI=1S/C19H25N5O2S/c1-13(27-19-22-21-14(2)24(19)17-7-8-17)18(25)20-15-3-5-16(6-4-15)23-9-11-26-12-10-23/h3-6,13,17H,7-12H2,1-2H3,(H,20,25). The molecule has 1 aliphatic carbocycles. The minimum Gasteiger partial charge on any atom is -0.378 e. The molecule has 1 aliphatic heterocycles. The van der Waals surface area contributed by atoms with Gasteiger partial charge in [-0.2, -0.15) is 0 Å². The third-order valence-electron chi connectivity index (χ3n) is 4.91. The maximum atomic E-state index is 12.6. The quantitative estimate of drug-likeness (QED) is 0.769. The number of aryl methyl sites for hydroxylation is 1. The summed E-state index contributed by atoms with van der Waals surface area (Å²) >= 11 is 1.47. The fraction of sp³-hybridized carbons (Fsp3) is 0.526. The van der Waals surface area contributed by atoms with Gasteiger partial charge in [-0.1, -0.05) is 11.8 Å². The van der Waals surface area contributed by atoms with Gasteiger partial charge in [-0.15, -0.1) is 10.2 Å². The van der Waals surface area contributed by atoms with E-state index in [0.717, 1.165) is 48.7 Å². The van der Waals surface area contributed by atoms with Crippen LogP contribution in [0, 0.1) is 6.92 Å². The van der Waals surface area contributed by atoms with Gasteiger partial charge in [0.1, 0.15) is 5.82 Å². The van der Waals surface area contributed by atoms with Crippen LogP contribution in [0.25, 0.3) is 0 Å². The van der Waals surface area contributed by atoms with Gasteiger partial charge in [0.15, 0.2) is 5.16 Å². The van der Waals surface area contributed by atoms with E-state index in [0.29, 0.717) is 6.04 Å². The number of anilines is 2. The maximum absolute atomic E-state index is 12.6. The number of rotatable bonds is 6. The summed E-state index contributed by atoms with van der Waals surface area (Å²) in [6.07, 6.45) is 2.34. The number of aromatic nitrogens is 3. The minimum absolute atomic E-state index is 0.0258. The molecule has 1 amide bonds. The van der Waals surface area contributed by atoms with Crippen molar-refractivity contribution in [2.45, 2.75) is 43.1 Å². The van der Waals surface area contributed by atoms with Gasteiger partial charge in [0.2, 0.25) is 5.91 Å². The molecule has 27 heavy (non-hydrogen) atoms. The highest BCUT2D eigenvalue weighted by Crippen LogP contribution is 2.39. The molecule has 1 aromatic heterocycles. The van der Waals surface area contributed by atoms with E-state index >= 15 is 0 Å². The summed E-state index contributed by atoms with van der Waals surface area (Å²) in [7, 11) is 0. The van der Waals surface area contributed by atoms with Gasteiger partial charge < -0.3 is 19.5 Å². The molecule has 1 unspecified atom stereocenters. The van der Waals surface area contributed by atoms with Gasteiger partial charge in [-0.05, 0) is 51.0 Å². The van der Waals surface area contributed by atoms with Crippen LogP contribution in [0.2, 0.25) is 0 Å². The van der Waals surface area contributed by atoms with Gasteiger partial charge in [-0.3, -0.25) is 4.79 Å². The van der Waals surface area contributed by atoms with E-state index in [4.69, 9.17) is 4.74 Å². The molecule has 1 aromatic carbocycles. The normalized spacial score (nSPS) is 18.4. The third kappa shape index (κ3) is 4.27. The summed E-state index contributed by atoms with van der Waals surface area (Å²) in [6, 6.07) is 8.51. The Balaban J connectivity index is 1.35. The summed E-state index contributed by atoms with van der Waals surface area (Å²) in [4.78, 5) is 14.9. The van der Waals surface area contributed by atoms with E-state index in [9.17, 15) is 4.79 Å². The van der Waals surface area contributed by atoms with Crippen molar-refractivity contribution in [2.75, 3.05) is 36.5 Å². The molecule has 1 N–H and O–H groups in total. The van der Waals surface area contributed by atoms with E-state index in [2.05, 4.69) is 25.0 Å². The van der Waals surface area contributed by atoms with E-state index in [1.165, 1.54) is 24.6 Å². The molecule has 4 rings (SSSR count). The van der Waals surface area contributed by atoms with Gasteiger partial charge in [0, 0.05) is 30.5 Å². The Morgan fingerprint density at radius 3 is 2.59 bits per heavy atom. The number of morpholine rings is 1. The van der Waals surface area contributed by atoms with Gasteiger partial charge in [0.05, 0.1) is 18.5 Å². The minimum atomic E-state index is -0.245. The lowest BCUT2D eigenvalue weighted by Crippen LogP contribution is -2.36. The summed E-state index contributed by atoms with van der Waals surface area (Å²) in [6.45, 7) is 7.21. The SMILES string of the molecule is Cc1nnc(SC(C)C(=O)Nc2ccc(N3CCOCC3)cc2)n1C1CC1. The molecule has 2 heterocycles. The number of benzene rings is 1. The van der Waals surface area contributed by atoms with Crippen molar-refractivity contribution in [3.05, 3.63) is 30.1 Å². The van der Waals surface area contributed by atoms with Crippen LogP contribution in [0.5, 0.6) is 0 Å². The first-order valence-electron chi connectivity index (χ1n) is 9.43. The second-order valence-electron chi connectivity index (χ2n) is 7.03. The highest BCUT2D eigenvalue weighted by Gasteiger charge is 2.29. The summed E-state index contributed by atoms with van der Waals surface area (Å²) in [5, 5.41) is 12.0. The van der Waals surface area contributed by atoms with Gasteiger partial charge >= 0.3 is 0 Å². The van der Waals surface area contributed by atoms with Crippen molar-refractivity contribution in [2.24, 2.45) is 0 Å². The number of thioether (sulfide) groups is 1. The fourth-order valence-electron chi connectivity index (χ4n) is 3.22. The summed E-state index contributed by atoms with van der Waals surface area (Å²) < 4.78 is 7.55. The average molecular weight is 388 g/mol. The molecule has 1 saturated carbocycles. The van der Waals surface area contributed by atoms with Crippen molar-refractivity contribution in [1.29, 1.82) is 0 Å². The predicted molar refractivity (Wildman–Crippen MR) is 106 cm³/mol. The second kappa shape index (κ2) is 7.90. The molecule has 1 saturated heterocycles. The Hall–Kier alpha value is -2.06. The zero-order valence-corrected chi connectivity index (χ0v) is 16.5. The number of ether oxygens (including phenoxy) is 1. The van der Waals surface area contributed by atoms with Crippen molar-refractivity contribution in [3.63, 3.8) is 0 Å². The molecule has 1 atom stereocenters. The second-order valence-corrected chi connectivity index (χ2v) is 8.33. The molecule has 0 spiro atoms. The molecule has 0 radical (unpaired) electrons. The Morgan fingerprint density at radius 1 is 1.22 bits per heavy atom. The van der Waals surface area contributed by atoms with E-state index in [1.54, 1.807) is 0 Å². The van der Waals surface area contributed by atoms with Crippen LogP contribution in [0.4, 0.5) is 11.4 Å². The Kier molecular flexibility index (Phi) is 5.36. The number of hydrogen-bond donors (Lipinski definition) is 1. The molecule has 2 aliphatic rings. The zero-order valence-electron chi connectivity index (χ0n) is 15.7. The smallest absolute Gasteiger partial charge is 0.237 e. The fourth-order valence-corrected chi connectivity index (χ4v) is 4.18. The van der Waals surface area contributed by atoms with E-state index in [-0.39, 0.29) is 11.2 Å². The maximum Gasteiger partial charge on any atom is 0.237 e. The Morgan fingerprint density at radius 2 is 1.93 bits per heavy atom. The van der Waals surface area contributed by atoms with Crippen LogP contribution < -0.4 is 10.2 Å². The van der Waals surface area contributed by atoms with Crippen LogP contribution in [0.15, 0.2) is 29.4 Å². The molecule has 7 nitrogen and oxygen atoms in total. The first-order valence-corrected chi connectivity index (χ1v) is 10.3. The van der Waals surface area contributed by atoms with Gasteiger partial charge in [-0.25, -0.2) is 0 Å². The van der Waals surface area contributed by atoms with E-state index < -0.39 is 0 Å². The molecule has 144 valence electrons. The number of carbonyl (C=O) groups is 1. The molecule has 0 bridgehead atoms. The molecular weight excluding hydrogens is 362 g/mol. The molecule has 2 aromatic rings. The highest BCUT2D eigenvalue weighted by atomic mass is 32.2. The topological polar surface area (TPSA) is 72.3 Å². The van der Waals surface area contributed by atoms with Crippen molar-refractivity contribution in [3.8, 4) is 0 Å². The van der Waals surface area contributed by atoms with Crippen LogP contribution in [0.1, 0.15) is 31.6 Å². The Bertz CT molecular complexity index is 797. The highest BCUT2D eigenvalue weighted by molar-refractivity contribution is 8.00. The summed E-state index contributed by atoms with van der Waals surface area (Å²) in [5.41, 5.74) is 1.97. The lowest BCUT2D eigenvalue weighted by molar-refractivity contribution is -0.115. The van der Waals surface area contributed by atoms with Crippen molar-refractivity contribution in [1.82, 2.24) is 14.8 Å². The summed E-state index contributed by atoms with van der Waals surface area (Å²) in [5.74, 6) is 0.897. The van der Waals surface area contributed by atoms with Gasteiger partial charge in [0.25, 0.3) is 0 Å². The zero-order chi connectivity index (χ0) is 18.8. The average Bonchev–Trinajstić information content (AvgIpc) is 3.46. The number of nitrogens with one attached hydrogen (secondary N) is 1. The molecule has 8 heteroatoms. The van der Waals surface area contributed by atoms with E-state index in [1.807, 2.05) is 38.1 Å². The monoisotopic (exact) mass is 387 g/mol. The largest absolute Gasteiger partial charge is 0.378 e. The number of carbonyl (C=O) groups excluding carboxylic acids is 1. The third-order valence-corrected chi connectivity index (χ3v) is 5.97. The number of nitrogens with zero attached hydrogens (tertiary/aromatic N) is 4. The Labute approximate surface area is 163 Å². The first-order chi connectivity index (χ1) is 13.1. The van der Waals surface area contributed by atoms with Crippen molar-refractivity contribution >= 4 is 29.0 Å². The van der Waals surface area contributed by atoms with Crippen LogP contribution in [-0.2, 0) is 9.53 Å². The van der Waals surface area contributed by atoms with Crippen LogP contribution >= 0.6 is 11.8 Å². The van der Waals surface area contributed by atoms with Crippen LogP contribution in [0.3, 0.4) is 0 Å². The van der Waals surface area contributed by atoms with Crippen molar-refractivity contribution < 1.29 is 9.53 Å².